The van der Waals surface area contributed by atoms with Gasteiger partial charge >= 0.3 is 0 Å². The van der Waals surface area contributed by atoms with Crippen LogP contribution in [0.25, 0.3) is 0 Å². The number of hydrogen-bond acceptors (Lipinski definition) is 1. The summed E-state index contributed by atoms with van der Waals surface area (Å²) in [5.74, 6) is 3.21. The van der Waals surface area contributed by atoms with E-state index < -0.39 is 0 Å². The summed E-state index contributed by atoms with van der Waals surface area (Å²) in [6.07, 6.45) is 7.08. The second kappa shape index (κ2) is 6.14. The number of nitrogens with one attached hydrogen (secondary N) is 1. The van der Waals surface area contributed by atoms with Gasteiger partial charge in [0.15, 0.2) is 0 Å². The van der Waals surface area contributed by atoms with E-state index in [0.29, 0.717) is 5.92 Å². The molecule has 1 heteroatoms. The molecular weight excluding hydrogens is 182 g/mol. The summed E-state index contributed by atoms with van der Waals surface area (Å²) in [5.41, 5.74) is 2.61. The van der Waals surface area contributed by atoms with Crippen molar-refractivity contribution in [1.29, 1.82) is 0 Å². The summed E-state index contributed by atoms with van der Waals surface area (Å²) in [5, 5.41) is 3.43. The molecule has 15 heavy (non-hydrogen) atoms. The van der Waals surface area contributed by atoms with E-state index in [1.165, 1.54) is 11.3 Å². The van der Waals surface area contributed by atoms with E-state index in [1.54, 1.807) is 0 Å². The molecule has 0 unspecified atom stereocenters. The normalized spacial score (nSPS) is 10.0. The molecule has 1 N–H and O–H groups in total. The van der Waals surface area contributed by atoms with E-state index in [0.717, 1.165) is 19.4 Å². The van der Waals surface area contributed by atoms with Gasteiger partial charge in [-0.1, -0.05) is 32.0 Å². The van der Waals surface area contributed by atoms with Crippen molar-refractivity contribution in [1.82, 2.24) is 0 Å². The Morgan fingerprint density at radius 1 is 1.33 bits per heavy atom. The molecule has 0 radical (unpaired) electrons. The Kier molecular flexibility index (Phi) is 4.77. The van der Waals surface area contributed by atoms with Crippen molar-refractivity contribution in [3.05, 3.63) is 29.8 Å². The fourth-order valence-electron chi connectivity index (χ4n) is 1.57. The van der Waals surface area contributed by atoms with E-state index in [4.69, 9.17) is 6.42 Å². The van der Waals surface area contributed by atoms with Crippen molar-refractivity contribution in [2.45, 2.75) is 32.6 Å². The van der Waals surface area contributed by atoms with Crippen LogP contribution in [-0.4, -0.2) is 6.54 Å². The van der Waals surface area contributed by atoms with Crippen LogP contribution in [0.5, 0.6) is 0 Å². The van der Waals surface area contributed by atoms with Crippen LogP contribution in [0.1, 0.15) is 38.2 Å². The largest absolute Gasteiger partial charge is 0.385 e. The summed E-state index contributed by atoms with van der Waals surface area (Å²) < 4.78 is 0. The highest BCUT2D eigenvalue weighted by Gasteiger charge is 2.04. The third kappa shape index (κ3) is 3.67. The number of anilines is 1. The first-order valence-electron chi connectivity index (χ1n) is 5.52. The highest BCUT2D eigenvalue weighted by molar-refractivity contribution is 5.52. The van der Waals surface area contributed by atoms with Crippen molar-refractivity contribution in [2.24, 2.45) is 0 Å². The molecule has 0 fully saturated rings. The summed E-state index contributed by atoms with van der Waals surface area (Å²) in [7, 11) is 0. The molecule has 1 rings (SSSR count). The average molecular weight is 201 g/mol. The molecule has 1 nitrogen and oxygen atoms in total. The van der Waals surface area contributed by atoms with Crippen LogP contribution in [0, 0.1) is 12.3 Å². The number of hydrogen-bond donors (Lipinski definition) is 1. The lowest BCUT2D eigenvalue weighted by molar-refractivity contribution is 0.856. The average Bonchev–Trinajstić information content (AvgIpc) is 2.25. The molecule has 80 valence electrons. The highest BCUT2D eigenvalue weighted by atomic mass is 14.9. The summed E-state index contributed by atoms with van der Waals surface area (Å²) >= 11 is 0. The molecule has 0 saturated heterocycles. The minimum atomic E-state index is 0.557. The molecule has 0 saturated carbocycles. The quantitative estimate of drug-likeness (QED) is 0.566. The van der Waals surface area contributed by atoms with E-state index in [1.807, 2.05) is 0 Å². The molecule has 0 aliphatic heterocycles. The van der Waals surface area contributed by atoms with Gasteiger partial charge in [0, 0.05) is 18.7 Å². The molecular formula is C14H19N. The van der Waals surface area contributed by atoms with Crippen LogP contribution in [0.3, 0.4) is 0 Å². The summed E-state index contributed by atoms with van der Waals surface area (Å²) in [6, 6.07) is 8.46. The van der Waals surface area contributed by atoms with Gasteiger partial charge in [-0.3, -0.25) is 0 Å². The third-order valence-electron chi connectivity index (χ3n) is 2.40. The van der Waals surface area contributed by atoms with Gasteiger partial charge in [0.1, 0.15) is 0 Å². The lowest BCUT2D eigenvalue weighted by Crippen LogP contribution is -2.04. The fraction of sp³-hybridized carbons (Fsp3) is 0.429. The zero-order valence-corrected chi connectivity index (χ0v) is 9.59. The number of terminal acetylenes is 1. The van der Waals surface area contributed by atoms with E-state index in [-0.39, 0.29) is 0 Å². The Morgan fingerprint density at radius 2 is 2.07 bits per heavy atom. The lowest BCUT2D eigenvalue weighted by atomic mass is 10.0. The van der Waals surface area contributed by atoms with Crippen LogP contribution >= 0.6 is 0 Å². The topological polar surface area (TPSA) is 12.0 Å². The second-order valence-corrected chi connectivity index (χ2v) is 3.98. The molecule has 1 aromatic rings. The Hall–Kier alpha value is -1.42. The first kappa shape index (κ1) is 11.7. The minimum Gasteiger partial charge on any atom is -0.385 e. The molecule has 1 aromatic carbocycles. The number of para-hydroxylation sites is 1. The smallest absolute Gasteiger partial charge is 0.0375 e. The van der Waals surface area contributed by atoms with Crippen LogP contribution in [-0.2, 0) is 0 Å². The van der Waals surface area contributed by atoms with Crippen molar-refractivity contribution >= 4 is 5.69 Å². The summed E-state index contributed by atoms with van der Waals surface area (Å²) in [4.78, 5) is 0. The maximum absolute atomic E-state index is 5.21. The van der Waals surface area contributed by atoms with Gasteiger partial charge < -0.3 is 5.32 Å². The van der Waals surface area contributed by atoms with E-state index in [9.17, 15) is 0 Å². The van der Waals surface area contributed by atoms with E-state index in [2.05, 4.69) is 49.4 Å². The molecule has 0 spiro atoms. The zero-order valence-electron chi connectivity index (χ0n) is 9.59. The van der Waals surface area contributed by atoms with E-state index >= 15 is 0 Å². The maximum atomic E-state index is 5.21. The van der Waals surface area contributed by atoms with Crippen molar-refractivity contribution in [3.63, 3.8) is 0 Å². The van der Waals surface area contributed by atoms with Gasteiger partial charge in [-0.05, 0) is 24.0 Å². The van der Waals surface area contributed by atoms with Gasteiger partial charge in [-0.2, -0.15) is 0 Å². The predicted octanol–water partition coefficient (Wildman–Crippen LogP) is 3.64. The standard InChI is InChI=1S/C14H19N/c1-4-5-8-11-15-14-10-7-6-9-13(14)12(2)3/h1,6-7,9-10,12,15H,5,8,11H2,2-3H3. The Labute approximate surface area is 92.9 Å². The molecule has 0 aliphatic rings. The Bertz CT molecular complexity index is 333. The molecule has 0 aliphatic carbocycles. The zero-order chi connectivity index (χ0) is 11.1. The van der Waals surface area contributed by atoms with Gasteiger partial charge in [-0.25, -0.2) is 0 Å². The van der Waals surface area contributed by atoms with Gasteiger partial charge in [0.05, 0.1) is 0 Å². The van der Waals surface area contributed by atoms with Crippen LogP contribution in [0.15, 0.2) is 24.3 Å². The molecule has 0 bridgehead atoms. The van der Waals surface area contributed by atoms with Crippen LogP contribution in [0.4, 0.5) is 5.69 Å². The predicted molar refractivity (Wildman–Crippen MR) is 67.1 cm³/mol. The molecule has 0 aromatic heterocycles. The minimum absolute atomic E-state index is 0.557. The maximum Gasteiger partial charge on any atom is 0.0375 e. The SMILES string of the molecule is C#CCCCNc1ccccc1C(C)C. The van der Waals surface area contributed by atoms with Gasteiger partial charge in [0.25, 0.3) is 0 Å². The number of benzene rings is 1. The number of rotatable bonds is 5. The molecule has 0 amide bonds. The lowest BCUT2D eigenvalue weighted by Gasteiger charge is -2.13. The van der Waals surface area contributed by atoms with Crippen molar-refractivity contribution in [3.8, 4) is 12.3 Å². The first-order valence-corrected chi connectivity index (χ1v) is 5.52. The van der Waals surface area contributed by atoms with Crippen LogP contribution in [0.2, 0.25) is 0 Å². The molecule has 0 atom stereocenters. The van der Waals surface area contributed by atoms with Crippen molar-refractivity contribution in [2.75, 3.05) is 11.9 Å². The molecule has 0 heterocycles. The third-order valence-corrected chi connectivity index (χ3v) is 2.40. The number of unbranched alkanes of at least 4 members (excludes halogenated alkanes) is 1. The Morgan fingerprint density at radius 3 is 2.73 bits per heavy atom. The summed E-state index contributed by atoms with van der Waals surface area (Å²) in [6.45, 7) is 5.37. The highest BCUT2D eigenvalue weighted by Crippen LogP contribution is 2.23. The van der Waals surface area contributed by atoms with Crippen LogP contribution < -0.4 is 5.32 Å². The van der Waals surface area contributed by atoms with Crippen molar-refractivity contribution < 1.29 is 0 Å². The van der Waals surface area contributed by atoms with Gasteiger partial charge in [-0.15, -0.1) is 12.3 Å². The first-order chi connectivity index (χ1) is 7.25. The second-order valence-electron chi connectivity index (χ2n) is 3.98. The Balaban J connectivity index is 2.56. The van der Waals surface area contributed by atoms with Gasteiger partial charge in [0.2, 0.25) is 0 Å². The monoisotopic (exact) mass is 201 g/mol. The fourth-order valence-corrected chi connectivity index (χ4v) is 1.57.